The summed E-state index contributed by atoms with van der Waals surface area (Å²) in [4.78, 5) is 13.5. The molecule has 2 heterocycles. The summed E-state index contributed by atoms with van der Waals surface area (Å²) in [6.07, 6.45) is 0.936. The van der Waals surface area contributed by atoms with Crippen molar-refractivity contribution >= 4 is 5.91 Å². The van der Waals surface area contributed by atoms with Crippen LogP contribution in [-0.4, -0.2) is 34.2 Å². The quantitative estimate of drug-likeness (QED) is 0.850. The number of nitrogens with zero attached hydrogens (tertiary/aromatic N) is 3. The standard InChI is InChI=1S/C16H19N3O2/c1-12(20)18-7-4-8-19-14(11-18)10-16(17-19)13-5-3-6-15(9-13)21-2/h3,5-6,9-10H,4,7-8,11H2,1-2H3. The van der Waals surface area contributed by atoms with Gasteiger partial charge in [0.25, 0.3) is 0 Å². The molecule has 1 aliphatic heterocycles. The zero-order valence-corrected chi connectivity index (χ0v) is 12.4. The van der Waals surface area contributed by atoms with Crippen LogP contribution < -0.4 is 4.74 Å². The molecule has 1 amide bonds. The molecule has 0 saturated carbocycles. The van der Waals surface area contributed by atoms with Gasteiger partial charge in [0.05, 0.1) is 25.0 Å². The van der Waals surface area contributed by atoms with Gasteiger partial charge in [-0.05, 0) is 24.6 Å². The minimum atomic E-state index is 0.118. The van der Waals surface area contributed by atoms with Gasteiger partial charge in [-0.25, -0.2) is 0 Å². The van der Waals surface area contributed by atoms with E-state index in [2.05, 4.69) is 11.2 Å². The molecule has 0 aliphatic carbocycles. The van der Waals surface area contributed by atoms with E-state index in [1.165, 1.54) is 0 Å². The third kappa shape index (κ3) is 2.77. The Morgan fingerprint density at radius 2 is 2.14 bits per heavy atom. The number of fused-ring (bicyclic) bond motifs is 1. The average Bonchev–Trinajstić information content (AvgIpc) is 2.79. The Bertz CT molecular complexity index is 663. The average molecular weight is 285 g/mol. The normalized spacial score (nSPS) is 14.5. The van der Waals surface area contributed by atoms with E-state index in [0.717, 1.165) is 42.2 Å². The van der Waals surface area contributed by atoms with Gasteiger partial charge in [-0.2, -0.15) is 5.10 Å². The predicted octanol–water partition coefficient (Wildman–Crippen LogP) is 2.31. The number of rotatable bonds is 2. The van der Waals surface area contributed by atoms with E-state index < -0.39 is 0 Å². The largest absolute Gasteiger partial charge is 0.497 e. The van der Waals surface area contributed by atoms with E-state index in [0.29, 0.717) is 6.54 Å². The monoisotopic (exact) mass is 285 g/mol. The second-order valence-corrected chi connectivity index (χ2v) is 5.27. The van der Waals surface area contributed by atoms with E-state index in [4.69, 9.17) is 4.74 Å². The molecule has 3 rings (SSSR count). The third-order valence-corrected chi connectivity index (χ3v) is 3.82. The van der Waals surface area contributed by atoms with Gasteiger partial charge < -0.3 is 9.64 Å². The van der Waals surface area contributed by atoms with Crippen LogP contribution in [0.2, 0.25) is 0 Å². The van der Waals surface area contributed by atoms with Gasteiger partial charge in [0.2, 0.25) is 5.91 Å². The summed E-state index contributed by atoms with van der Waals surface area (Å²) in [6.45, 7) is 3.90. The number of aromatic nitrogens is 2. The number of hydrogen-bond acceptors (Lipinski definition) is 3. The molecule has 0 saturated heterocycles. The van der Waals surface area contributed by atoms with Crippen molar-refractivity contribution in [3.05, 3.63) is 36.0 Å². The van der Waals surface area contributed by atoms with Crippen LogP contribution in [0.15, 0.2) is 30.3 Å². The van der Waals surface area contributed by atoms with Gasteiger partial charge in [0, 0.05) is 25.6 Å². The van der Waals surface area contributed by atoms with Crippen LogP contribution in [0.5, 0.6) is 5.75 Å². The maximum Gasteiger partial charge on any atom is 0.219 e. The van der Waals surface area contributed by atoms with Gasteiger partial charge >= 0.3 is 0 Å². The fourth-order valence-corrected chi connectivity index (χ4v) is 2.65. The van der Waals surface area contributed by atoms with E-state index in [-0.39, 0.29) is 5.91 Å². The van der Waals surface area contributed by atoms with Crippen LogP contribution in [-0.2, 0) is 17.9 Å². The molecule has 5 heteroatoms. The number of methoxy groups -OCH3 is 1. The fraction of sp³-hybridized carbons (Fsp3) is 0.375. The Morgan fingerprint density at radius 1 is 1.29 bits per heavy atom. The highest BCUT2D eigenvalue weighted by Crippen LogP contribution is 2.25. The lowest BCUT2D eigenvalue weighted by Gasteiger charge is -2.17. The minimum absolute atomic E-state index is 0.118. The maximum absolute atomic E-state index is 11.6. The fourth-order valence-electron chi connectivity index (χ4n) is 2.65. The van der Waals surface area contributed by atoms with Crippen LogP contribution in [0.1, 0.15) is 19.0 Å². The van der Waals surface area contributed by atoms with Crippen LogP contribution in [0.4, 0.5) is 0 Å². The molecule has 0 bridgehead atoms. The van der Waals surface area contributed by atoms with Crippen molar-refractivity contribution in [1.29, 1.82) is 0 Å². The molecule has 5 nitrogen and oxygen atoms in total. The van der Waals surface area contributed by atoms with Gasteiger partial charge in [-0.1, -0.05) is 12.1 Å². The van der Waals surface area contributed by atoms with Crippen molar-refractivity contribution in [2.45, 2.75) is 26.4 Å². The van der Waals surface area contributed by atoms with Gasteiger partial charge in [0.1, 0.15) is 5.75 Å². The van der Waals surface area contributed by atoms with Crippen molar-refractivity contribution < 1.29 is 9.53 Å². The Balaban J connectivity index is 1.93. The van der Waals surface area contributed by atoms with Crippen LogP contribution in [0, 0.1) is 0 Å². The predicted molar refractivity (Wildman–Crippen MR) is 79.9 cm³/mol. The third-order valence-electron chi connectivity index (χ3n) is 3.82. The first-order valence-corrected chi connectivity index (χ1v) is 7.14. The summed E-state index contributed by atoms with van der Waals surface area (Å²) in [7, 11) is 1.66. The minimum Gasteiger partial charge on any atom is -0.497 e. The smallest absolute Gasteiger partial charge is 0.219 e. The Morgan fingerprint density at radius 3 is 2.90 bits per heavy atom. The second-order valence-electron chi connectivity index (χ2n) is 5.27. The summed E-state index contributed by atoms with van der Waals surface area (Å²) in [6, 6.07) is 9.94. The van der Waals surface area contributed by atoms with Crippen LogP contribution >= 0.6 is 0 Å². The van der Waals surface area contributed by atoms with E-state index in [1.54, 1.807) is 14.0 Å². The summed E-state index contributed by atoms with van der Waals surface area (Å²) in [5.74, 6) is 0.939. The van der Waals surface area contributed by atoms with Gasteiger partial charge in [-0.3, -0.25) is 9.48 Å². The number of hydrogen-bond donors (Lipinski definition) is 0. The van der Waals surface area contributed by atoms with Crippen molar-refractivity contribution in [3.63, 3.8) is 0 Å². The lowest BCUT2D eigenvalue weighted by Crippen LogP contribution is -2.28. The zero-order chi connectivity index (χ0) is 14.8. The highest BCUT2D eigenvalue weighted by molar-refractivity contribution is 5.73. The molecule has 0 unspecified atom stereocenters. The molecular formula is C16H19N3O2. The molecule has 0 radical (unpaired) electrons. The van der Waals surface area contributed by atoms with Crippen molar-refractivity contribution in [2.24, 2.45) is 0 Å². The first-order chi connectivity index (χ1) is 10.2. The number of amides is 1. The molecule has 0 fully saturated rings. The van der Waals surface area contributed by atoms with Crippen molar-refractivity contribution in [3.8, 4) is 17.0 Å². The highest BCUT2D eigenvalue weighted by atomic mass is 16.5. The molecule has 0 N–H and O–H groups in total. The zero-order valence-electron chi connectivity index (χ0n) is 12.4. The van der Waals surface area contributed by atoms with E-state index >= 15 is 0 Å². The molecular weight excluding hydrogens is 266 g/mol. The first-order valence-electron chi connectivity index (χ1n) is 7.14. The van der Waals surface area contributed by atoms with Gasteiger partial charge in [0.15, 0.2) is 0 Å². The lowest BCUT2D eigenvalue weighted by atomic mass is 10.1. The highest BCUT2D eigenvalue weighted by Gasteiger charge is 2.18. The van der Waals surface area contributed by atoms with Gasteiger partial charge in [-0.15, -0.1) is 0 Å². The molecule has 21 heavy (non-hydrogen) atoms. The van der Waals surface area contributed by atoms with Crippen LogP contribution in [0.25, 0.3) is 11.3 Å². The Kier molecular flexibility index (Phi) is 3.64. The Hall–Kier alpha value is -2.30. The molecule has 2 aromatic rings. The molecule has 1 aromatic carbocycles. The number of carbonyl (C=O) groups excluding carboxylic acids is 1. The molecule has 0 atom stereocenters. The topological polar surface area (TPSA) is 47.4 Å². The van der Waals surface area contributed by atoms with Crippen LogP contribution in [0.3, 0.4) is 0 Å². The summed E-state index contributed by atoms with van der Waals surface area (Å²) in [5.41, 5.74) is 3.04. The van der Waals surface area contributed by atoms with E-state index in [9.17, 15) is 4.79 Å². The molecule has 1 aromatic heterocycles. The summed E-state index contributed by atoms with van der Waals surface area (Å²) >= 11 is 0. The summed E-state index contributed by atoms with van der Waals surface area (Å²) in [5, 5.41) is 4.67. The molecule has 110 valence electrons. The number of benzene rings is 1. The Labute approximate surface area is 124 Å². The van der Waals surface area contributed by atoms with E-state index in [1.807, 2.05) is 33.8 Å². The number of ether oxygens (including phenoxy) is 1. The summed E-state index contributed by atoms with van der Waals surface area (Å²) < 4.78 is 7.27. The SMILES string of the molecule is COc1cccc(-c2cc3n(n2)CCCN(C(C)=O)C3)c1. The number of aryl methyl sites for hydroxylation is 1. The second kappa shape index (κ2) is 5.60. The number of carbonyl (C=O) groups is 1. The van der Waals surface area contributed by atoms with Crippen molar-refractivity contribution in [2.75, 3.05) is 13.7 Å². The molecule has 0 spiro atoms. The maximum atomic E-state index is 11.6. The molecule has 1 aliphatic rings. The lowest BCUT2D eigenvalue weighted by molar-refractivity contribution is -0.129. The first kappa shape index (κ1) is 13.7. The van der Waals surface area contributed by atoms with Crippen molar-refractivity contribution in [1.82, 2.24) is 14.7 Å².